The molecule has 4 nitrogen and oxygen atoms in total. The third-order valence-electron chi connectivity index (χ3n) is 2.69. The highest BCUT2D eigenvalue weighted by Gasteiger charge is 2.06. The van der Waals surface area contributed by atoms with Crippen molar-refractivity contribution < 1.29 is 0 Å². The van der Waals surface area contributed by atoms with Crippen LogP contribution in [0.1, 0.15) is 29.8 Å². The van der Waals surface area contributed by atoms with Gasteiger partial charge in [0.15, 0.2) is 0 Å². The zero-order valence-corrected chi connectivity index (χ0v) is 10.4. The van der Waals surface area contributed by atoms with Crippen LogP contribution in [0.4, 0.5) is 5.95 Å². The molecule has 1 heterocycles. The van der Waals surface area contributed by atoms with Gasteiger partial charge in [-0.05, 0) is 25.5 Å². The second-order valence-electron chi connectivity index (χ2n) is 4.15. The number of aryl methyl sites for hydroxylation is 1. The molecule has 90 valence electrons. The molecule has 2 rings (SSSR count). The molecule has 1 N–H and O–H groups in total. The fourth-order valence-corrected chi connectivity index (χ4v) is 1.62. The van der Waals surface area contributed by atoms with Crippen LogP contribution in [0.2, 0.25) is 0 Å². The molecule has 0 saturated heterocycles. The molecule has 0 spiro atoms. The smallest absolute Gasteiger partial charge is 0.224 e. The van der Waals surface area contributed by atoms with Crippen LogP contribution in [0.15, 0.2) is 36.5 Å². The first-order chi connectivity index (χ1) is 8.69. The Morgan fingerprint density at radius 2 is 1.94 bits per heavy atom. The summed E-state index contributed by atoms with van der Waals surface area (Å²) in [6.45, 7) is 4.09. The van der Waals surface area contributed by atoms with Crippen LogP contribution in [-0.4, -0.2) is 9.97 Å². The summed E-state index contributed by atoms with van der Waals surface area (Å²) < 4.78 is 0. The number of anilines is 1. The lowest BCUT2D eigenvalue weighted by atomic mass is 10.1. The second-order valence-corrected chi connectivity index (χ2v) is 4.15. The van der Waals surface area contributed by atoms with E-state index in [1.165, 1.54) is 5.56 Å². The summed E-state index contributed by atoms with van der Waals surface area (Å²) in [5.74, 6) is 0.474. The van der Waals surface area contributed by atoms with Crippen LogP contribution >= 0.6 is 0 Å². The van der Waals surface area contributed by atoms with E-state index in [-0.39, 0.29) is 6.04 Å². The van der Waals surface area contributed by atoms with E-state index < -0.39 is 0 Å². The predicted octanol–water partition coefficient (Wildman–Crippen LogP) is 2.83. The summed E-state index contributed by atoms with van der Waals surface area (Å²) in [6.07, 6.45) is 1.58. The monoisotopic (exact) mass is 238 g/mol. The van der Waals surface area contributed by atoms with Gasteiger partial charge >= 0.3 is 0 Å². The van der Waals surface area contributed by atoms with Gasteiger partial charge < -0.3 is 5.32 Å². The maximum atomic E-state index is 8.78. The Kier molecular flexibility index (Phi) is 3.54. The van der Waals surface area contributed by atoms with E-state index in [1.807, 2.05) is 13.0 Å². The zero-order chi connectivity index (χ0) is 13.0. The Balaban J connectivity index is 2.13. The van der Waals surface area contributed by atoms with E-state index >= 15 is 0 Å². The van der Waals surface area contributed by atoms with Crippen molar-refractivity contribution in [2.24, 2.45) is 0 Å². The lowest BCUT2D eigenvalue weighted by Crippen LogP contribution is -2.09. The molecule has 0 radical (unpaired) electrons. The average molecular weight is 238 g/mol. The molecule has 4 heteroatoms. The van der Waals surface area contributed by atoms with Gasteiger partial charge in [-0.2, -0.15) is 5.26 Å². The third kappa shape index (κ3) is 2.83. The molecule has 0 aliphatic rings. The van der Waals surface area contributed by atoms with Gasteiger partial charge in [-0.1, -0.05) is 29.8 Å². The summed E-state index contributed by atoms with van der Waals surface area (Å²) in [6, 6.07) is 12.0. The van der Waals surface area contributed by atoms with E-state index in [2.05, 4.69) is 46.5 Å². The fraction of sp³-hybridized carbons (Fsp3) is 0.214. The quantitative estimate of drug-likeness (QED) is 0.893. The van der Waals surface area contributed by atoms with Gasteiger partial charge in [-0.15, -0.1) is 0 Å². The summed E-state index contributed by atoms with van der Waals surface area (Å²) in [7, 11) is 0. The van der Waals surface area contributed by atoms with Gasteiger partial charge in [0.1, 0.15) is 11.8 Å². The van der Waals surface area contributed by atoms with E-state index in [0.717, 1.165) is 5.56 Å². The minimum atomic E-state index is 0.0968. The van der Waals surface area contributed by atoms with Crippen LogP contribution in [0.5, 0.6) is 0 Å². The number of benzene rings is 1. The average Bonchev–Trinajstić information content (AvgIpc) is 2.39. The number of nitrogens with one attached hydrogen (secondary N) is 1. The molecule has 1 atom stereocenters. The standard InChI is InChI=1S/C14H14N4/c1-10-3-5-12(6-4-10)11(2)17-14-16-8-7-13(9-15)18-14/h3-8,11H,1-2H3,(H,16,17,18). The van der Waals surface area contributed by atoms with Crippen molar-refractivity contribution in [3.8, 4) is 6.07 Å². The number of nitriles is 1. The fourth-order valence-electron chi connectivity index (χ4n) is 1.62. The third-order valence-corrected chi connectivity index (χ3v) is 2.69. The Morgan fingerprint density at radius 1 is 1.22 bits per heavy atom. The minimum absolute atomic E-state index is 0.0968. The topological polar surface area (TPSA) is 61.6 Å². The van der Waals surface area contributed by atoms with Crippen molar-refractivity contribution >= 4 is 5.95 Å². The first-order valence-corrected chi connectivity index (χ1v) is 5.75. The second kappa shape index (κ2) is 5.28. The van der Waals surface area contributed by atoms with E-state index in [0.29, 0.717) is 11.6 Å². The molecule has 0 saturated carbocycles. The minimum Gasteiger partial charge on any atom is -0.348 e. The van der Waals surface area contributed by atoms with Crippen LogP contribution in [-0.2, 0) is 0 Å². The Bertz CT molecular complexity index is 569. The van der Waals surface area contributed by atoms with Crippen molar-refractivity contribution in [1.29, 1.82) is 5.26 Å². The van der Waals surface area contributed by atoms with E-state index in [1.54, 1.807) is 12.3 Å². The van der Waals surface area contributed by atoms with Gasteiger partial charge in [-0.3, -0.25) is 0 Å². The summed E-state index contributed by atoms with van der Waals surface area (Å²) in [4.78, 5) is 8.19. The van der Waals surface area contributed by atoms with E-state index in [4.69, 9.17) is 5.26 Å². The SMILES string of the molecule is Cc1ccc(C(C)Nc2nccc(C#N)n2)cc1. The van der Waals surface area contributed by atoms with Crippen molar-refractivity contribution in [3.63, 3.8) is 0 Å². The largest absolute Gasteiger partial charge is 0.348 e. The van der Waals surface area contributed by atoms with Crippen LogP contribution in [0.3, 0.4) is 0 Å². The summed E-state index contributed by atoms with van der Waals surface area (Å²) in [5, 5.41) is 12.0. The van der Waals surface area contributed by atoms with Gasteiger partial charge in [0.25, 0.3) is 0 Å². The number of hydrogen-bond donors (Lipinski definition) is 1. The first-order valence-electron chi connectivity index (χ1n) is 5.75. The maximum Gasteiger partial charge on any atom is 0.224 e. The van der Waals surface area contributed by atoms with Gasteiger partial charge in [0.2, 0.25) is 5.95 Å². The van der Waals surface area contributed by atoms with Gasteiger partial charge in [-0.25, -0.2) is 9.97 Å². The zero-order valence-electron chi connectivity index (χ0n) is 10.4. The van der Waals surface area contributed by atoms with Crippen molar-refractivity contribution in [1.82, 2.24) is 9.97 Å². The Morgan fingerprint density at radius 3 is 2.61 bits per heavy atom. The molecule has 0 amide bonds. The van der Waals surface area contributed by atoms with Gasteiger partial charge in [0.05, 0.1) is 6.04 Å². The molecule has 1 aromatic heterocycles. The molecule has 0 bridgehead atoms. The first kappa shape index (κ1) is 12.1. The summed E-state index contributed by atoms with van der Waals surface area (Å²) in [5.41, 5.74) is 2.75. The van der Waals surface area contributed by atoms with Crippen molar-refractivity contribution in [3.05, 3.63) is 53.3 Å². The molecule has 0 fully saturated rings. The Hall–Kier alpha value is -2.41. The van der Waals surface area contributed by atoms with Crippen molar-refractivity contribution in [2.45, 2.75) is 19.9 Å². The predicted molar refractivity (Wildman–Crippen MR) is 70.0 cm³/mol. The lowest BCUT2D eigenvalue weighted by Gasteiger charge is -2.14. The molecular formula is C14H14N4. The number of aromatic nitrogens is 2. The highest BCUT2D eigenvalue weighted by atomic mass is 15.1. The highest BCUT2D eigenvalue weighted by molar-refractivity contribution is 5.35. The molecule has 0 aliphatic carbocycles. The maximum absolute atomic E-state index is 8.78. The number of nitrogens with zero attached hydrogens (tertiary/aromatic N) is 3. The van der Waals surface area contributed by atoms with E-state index in [9.17, 15) is 0 Å². The lowest BCUT2D eigenvalue weighted by molar-refractivity contribution is 0.858. The van der Waals surface area contributed by atoms with Crippen LogP contribution in [0, 0.1) is 18.3 Å². The van der Waals surface area contributed by atoms with Crippen LogP contribution < -0.4 is 5.32 Å². The highest BCUT2D eigenvalue weighted by Crippen LogP contribution is 2.17. The Labute approximate surface area is 106 Å². The molecular weight excluding hydrogens is 224 g/mol. The molecule has 0 aliphatic heterocycles. The van der Waals surface area contributed by atoms with Gasteiger partial charge in [0, 0.05) is 6.20 Å². The normalized spacial score (nSPS) is 11.6. The molecule has 2 aromatic rings. The number of rotatable bonds is 3. The molecule has 1 aromatic carbocycles. The summed E-state index contributed by atoms with van der Waals surface area (Å²) >= 11 is 0. The number of hydrogen-bond acceptors (Lipinski definition) is 4. The van der Waals surface area contributed by atoms with Crippen LogP contribution in [0.25, 0.3) is 0 Å². The van der Waals surface area contributed by atoms with Crippen molar-refractivity contribution in [2.75, 3.05) is 5.32 Å². The molecule has 18 heavy (non-hydrogen) atoms. The molecule has 1 unspecified atom stereocenters.